The quantitative estimate of drug-likeness (QED) is 0.485. The monoisotopic (exact) mass is 389 g/mol. The maximum absolute atomic E-state index is 12.2. The minimum atomic E-state index is -0.558. The number of hydrogen-bond donors (Lipinski definition) is 1. The molecule has 6 nitrogen and oxygen atoms in total. The third-order valence-corrected chi connectivity index (χ3v) is 4.53. The minimum absolute atomic E-state index is 0.189. The van der Waals surface area contributed by atoms with Crippen LogP contribution in [0.3, 0.4) is 0 Å². The first kappa shape index (κ1) is 18.0. The van der Waals surface area contributed by atoms with Gasteiger partial charge in [0.1, 0.15) is 11.5 Å². The predicted molar refractivity (Wildman–Crippen MR) is 98.5 cm³/mol. The zero-order valence-electron chi connectivity index (χ0n) is 13.4. The molecule has 0 bridgehead atoms. The van der Waals surface area contributed by atoms with Gasteiger partial charge in [0.25, 0.3) is 11.1 Å². The summed E-state index contributed by atoms with van der Waals surface area (Å²) in [7, 11) is 1.54. The third-order valence-electron chi connectivity index (χ3n) is 3.42. The lowest BCUT2D eigenvalue weighted by Gasteiger charge is -2.08. The van der Waals surface area contributed by atoms with Crippen LogP contribution in [0.15, 0.2) is 47.4 Å². The highest BCUT2D eigenvalue weighted by Crippen LogP contribution is 2.30. The summed E-state index contributed by atoms with van der Waals surface area (Å²) in [4.78, 5) is 35.2. The Hall–Kier alpha value is -2.77. The van der Waals surface area contributed by atoms with Crippen molar-refractivity contribution in [3.05, 3.63) is 63.5 Å². The summed E-state index contributed by atoms with van der Waals surface area (Å²) in [6.07, 6.45) is 1.53. The molecule has 2 aromatic rings. The Labute approximate surface area is 158 Å². The number of carbonyl (C=O) groups excluding carboxylic acids is 3. The summed E-state index contributed by atoms with van der Waals surface area (Å²) in [5.74, 6) is -0.193. The molecule has 0 atom stereocenters. The molecule has 2 amide bonds. The fourth-order valence-corrected chi connectivity index (χ4v) is 3.06. The van der Waals surface area contributed by atoms with Crippen molar-refractivity contribution in [3.63, 3.8) is 0 Å². The summed E-state index contributed by atoms with van der Waals surface area (Å²) in [6, 6.07) is 11.2. The number of esters is 1. The van der Waals surface area contributed by atoms with E-state index in [1.165, 1.54) is 19.3 Å². The zero-order chi connectivity index (χ0) is 18.7. The number of rotatable bonds is 4. The van der Waals surface area contributed by atoms with E-state index in [9.17, 15) is 14.4 Å². The summed E-state index contributed by atoms with van der Waals surface area (Å²) in [5.41, 5.74) is 0.956. The highest BCUT2D eigenvalue weighted by Gasteiger charge is 2.25. The number of amides is 2. The van der Waals surface area contributed by atoms with E-state index in [-0.39, 0.29) is 15.7 Å². The molecule has 1 heterocycles. The van der Waals surface area contributed by atoms with E-state index in [0.29, 0.717) is 16.9 Å². The molecular formula is C18H12ClNO5S. The predicted octanol–water partition coefficient (Wildman–Crippen LogP) is 3.89. The molecule has 0 saturated carbocycles. The molecule has 0 aromatic heterocycles. The van der Waals surface area contributed by atoms with Gasteiger partial charge in [0.15, 0.2) is 0 Å². The Kier molecular flexibility index (Phi) is 5.29. The molecule has 3 rings (SSSR count). The van der Waals surface area contributed by atoms with E-state index < -0.39 is 17.1 Å². The van der Waals surface area contributed by atoms with Crippen LogP contribution in [0.5, 0.6) is 11.5 Å². The first-order valence-corrected chi connectivity index (χ1v) is 8.56. The highest BCUT2D eigenvalue weighted by atomic mass is 35.5. The van der Waals surface area contributed by atoms with E-state index in [1.54, 1.807) is 36.4 Å². The van der Waals surface area contributed by atoms with E-state index in [0.717, 1.165) is 11.8 Å². The third kappa shape index (κ3) is 4.07. The minimum Gasteiger partial charge on any atom is -0.497 e. The molecule has 132 valence electrons. The van der Waals surface area contributed by atoms with E-state index in [1.807, 2.05) is 0 Å². The van der Waals surface area contributed by atoms with Crippen molar-refractivity contribution in [1.29, 1.82) is 0 Å². The van der Waals surface area contributed by atoms with Crippen molar-refractivity contribution < 1.29 is 23.9 Å². The molecule has 1 N–H and O–H groups in total. The second-order valence-corrected chi connectivity index (χ2v) is 6.58. The van der Waals surface area contributed by atoms with Crippen molar-refractivity contribution >= 4 is 46.6 Å². The molecular weight excluding hydrogens is 378 g/mol. The molecule has 1 saturated heterocycles. The van der Waals surface area contributed by atoms with E-state index in [2.05, 4.69) is 5.32 Å². The summed E-state index contributed by atoms with van der Waals surface area (Å²) < 4.78 is 10.3. The zero-order valence-corrected chi connectivity index (χ0v) is 15.0. The van der Waals surface area contributed by atoms with Gasteiger partial charge in [0.05, 0.1) is 22.6 Å². The lowest BCUT2D eigenvalue weighted by Crippen LogP contribution is -2.17. The van der Waals surface area contributed by atoms with Crippen LogP contribution in [0.4, 0.5) is 4.79 Å². The normalized spacial score (nSPS) is 15.1. The Morgan fingerprint density at radius 1 is 1.15 bits per heavy atom. The standard InChI is InChI=1S/C18H12ClNO5S/c1-24-12-5-3-11(4-6-12)17(22)25-14-7-2-10(8-13(14)19)9-15-16(21)20-18(23)26-15/h2-9H,1H3,(H,20,21,23)/b15-9-. The number of nitrogens with one attached hydrogen (secondary N) is 1. The molecule has 0 unspecified atom stereocenters. The SMILES string of the molecule is COc1ccc(C(=O)Oc2ccc(/C=C3\SC(=O)NC3=O)cc2Cl)cc1. The fourth-order valence-electron chi connectivity index (χ4n) is 2.15. The molecule has 8 heteroatoms. The number of imide groups is 1. The number of ether oxygens (including phenoxy) is 2. The Morgan fingerprint density at radius 3 is 2.46 bits per heavy atom. The Bertz CT molecular complexity index is 924. The van der Waals surface area contributed by atoms with Crippen LogP contribution in [-0.4, -0.2) is 24.2 Å². The second-order valence-electron chi connectivity index (χ2n) is 5.16. The second kappa shape index (κ2) is 7.63. The summed E-state index contributed by atoms with van der Waals surface area (Å²) in [6.45, 7) is 0. The van der Waals surface area contributed by atoms with Crippen molar-refractivity contribution in [1.82, 2.24) is 5.32 Å². The van der Waals surface area contributed by atoms with Crippen LogP contribution in [0.25, 0.3) is 6.08 Å². The van der Waals surface area contributed by atoms with Gasteiger partial charge in [-0.2, -0.15) is 0 Å². The number of hydrogen-bond acceptors (Lipinski definition) is 6. The lowest BCUT2D eigenvalue weighted by atomic mass is 10.2. The molecule has 0 aliphatic carbocycles. The van der Waals surface area contributed by atoms with Gasteiger partial charge in [-0.05, 0) is 59.8 Å². The van der Waals surface area contributed by atoms with Gasteiger partial charge < -0.3 is 9.47 Å². The van der Waals surface area contributed by atoms with E-state index >= 15 is 0 Å². The van der Waals surface area contributed by atoms with Crippen LogP contribution in [-0.2, 0) is 4.79 Å². The van der Waals surface area contributed by atoms with E-state index in [4.69, 9.17) is 21.1 Å². The highest BCUT2D eigenvalue weighted by molar-refractivity contribution is 8.18. The first-order valence-electron chi connectivity index (χ1n) is 7.37. The molecule has 26 heavy (non-hydrogen) atoms. The molecule has 0 spiro atoms. The van der Waals surface area contributed by atoms with Gasteiger partial charge in [0.2, 0.25) is 0 Å². The van der Waals surface area contributed by atoms with Crippen LogP contribution < -0.4 is 14.8 Å². The average molecular weight is 390 g/mol. The number of benzene rings is 2. The van der Waals surface area contributed by atoms with Crippen molar-refractivity contribution in [2.75, 3.05) is 7.11 Å². The largest absolute Gasteiger partial charge is 0.497 e. The molecule has 1 aliphatic rings. The van der Waals surface area contributed by atoms with Crippen molar-refractivity contribution in [2.45, 2.75) is 0 Å². The molecule has 1 fully saturated rings. The van der Waals surface area contributed by atoms with Crippen LogP contribution in [0.2, 0.25) is 5.02 Å². The Balaban J connectivity index is 1.75. The number of carbonyl (C=O) groups is 3. The molecule has 1 aliphatic heterocycles. The lowest BCUT2D eigenvalue weighted by molar-refractivity contribution is -0.115. The smallest absolute Gasteiger partial charge is 0.343 e. The van der Waals surface area contributed by atoms with Gasteiger partial charge >= 0.3 is 5.97 Å². The van der Waals surface area contributed by atoms with Gasteiger partial charge in [-0.3, -0.25) is 14.9 Å². The van der Waals surface area contributed by atoms with Gasteiger partial charge in [-0.15, -0.1) is 0 Å². The van der Waals surface area contributed by atoms with Gasteiger partial charge in [0, 0.05) is 0 Å². The summed E-state index contributed by atoms with van der Waals surface area (Å²) >= 11 is 6.97. The maximum atomic E-state index is 12.2. The van der Waals surface area contributed by atoms with Crippen molar-refractivity contribution in [2.24, 2.45) is 0 Å². The fraction of sp³-hybridized carbons (Fsp3) is 0.0556. The Morgan fingerprint density at radius 2 is 1.88 bits per heavy atom. The van der Waals surface area contributed by atoms with Crippen molar-refractivity contribution in [3.8, 4) is 11.5 Å². The van der Waals surface area contributed by atoms with Crippen LogP contribution in [0.1, 0.15) is 15.9 Å². The average Bonchev–Trinajstić information content (AvgIpc) is 2.94. The van der Waals surface area contributed by atoms with Gasteiger partial charge in [-0.25, -0.2) is 4.79 Å². The molecule has 0 radical (unpaired) electrons. The molecule has 2 aromatic carbocycles. The number of halogens is 1. The maximum Gasteiger partial charge on any atom is 0.343 e. The topological polar surface area (TPSA) is 81.7 Å². The number of methoxy groups -OCH3 is 1. The van der Waals surface area contributed by atoms with Crippen LogP contribution >= 0.6 is 23.4 Å². The first-order chi connectivity index (χ1) is 12.5. The van der Waals surface area contributed by atoms with Crippen LogP contribution in [0, 0.1) is 0 Å². The summed E-state index contributed by atoms with van der Waals surface area (Å²) in [5, 5.41) is 1.96. The van der Waals surface area contributed by atoms with Gasteiger partial charge in [-0.1, -0.05) is 17.7 Å². The number of thioether (sulfide) groups is 1.